The molecule has 3 amide bonds. The second kappa shape index (κ2) is 7.03. The molecule has 26 heavy (non-hydrogen) atoms. The number of piperazine rings is 1. The van der Waals surface area contributed by atoms with Gasteiger partial charge in [0.15, 0.2) is 0 Å². The Balaban J connectivity index is 1.48. The number of piperidine rings is 1. The molecule has 146 valence electrons. The minimum absolute atomic E-state index is 0.00585. The molecule has 1 saturated carbocycles. The van der Waals surface area contributed by atoms with Crippen molar-refractivity contribution in [2.75, 3.05) is 32.7 Å². The van der Waals surface area contributed by atoms with Crippen LogP contribution in [0, 0.1) is 5.41 Å². The summed E-state index contributed by atoms with van der Waals surface area (Å²) in [4.78, 5) is 39.8. The summed E-state index contributed by atoms with van der Waals surface area (Å²) in [6.45, 7) is 2.99. The third kappa shape index (κ3) is 3.50. The fourth-order valence-corrected chi connectivity index (χ4v) is 3.99. The van der Waals surface area contributed by atoms with E-state index in [0.29, 0.717) is 6.54 Å². The van der Waals surface area contributed by atoms with Crippen LogP contribution in [-0.4, -0.2) is 98.9 Å². The van der Waals surface area contributed by atoms with Crippen molar-refractivity contribution < 1.29 is 29.7 Å². The van der Waals surface area contributed by atoms with Crippen molar-refractivity contribution in [3.05, 3.63) is 0 Å². The molecule has 2 saturated heterocycles. The average Bonchev–Trinajstić information content (AvgIpc) is 3.38. The van der Waals surface area contributed by atoms with Crippen molar-refractivity contribution >= 4 is 17.9 Å². The summed E-state index contributed by atoms with van der Waals surface area (Å²) >= 11 is 0. The molecule has 0 aromatic carbocycles. The van der Waals surface area contributed by atoms with E-state index >= 15 is 0 Å². The first-order valence-corrected chi connectivity index (χ1v) is 9.18. The number of aliphatic hydroxyl groups is 2. The zero-order valence-corrected chi connectivity index (χ0v) is 15.0. The van der Waals surface area contributed by atoms with Crippen molar-refractivity contribution in [1.29, 1.82) is 0 Å². The van der Waals surface area contributed by atoms with E-state index in [-0.39, 0.29) is 43.9 Å². The molecule has 0 bridgehead atoms. The van der Waals surface area contributed by atoms with Crippen LogP contribution in [0.5, 0.6) is 0 Å². The van der Waals surface area contributed by atoms with Crippen molar-refractivity contribution in [1.82, 2.24) is 14.7 Å². The van der Waals surface area contributed by atoms with Gasteiger partial charge in [0, 0.05) is 32.7 Å². The predicted octanol–water partition coefficient (Wildman–Crippen LogP) is -0.678. The molecule has 3 rings (SSSR count). The van der Waals surface area contributed by atoms with E-state index in [2.05, 4.69) is 0 Å². The second-order valence-corrected chi connectivity index (χ2v) is 7.69. The molecule has 3 aliphatic rings. The Labute approximate surface area is 152 Å². The molecule has 0 unspecified atom stereocenters. The van der Waals surface area contributed by atoms with E-state index in [1.807, 2.05) is 0 Å². The lowest BCUT2D eigenvalue weighted by atomic mass is 9.90. The van der Waals surface area contributed by atoms with Crippen LogP contribution in [0.3, 0.4) is 0 Å². The molecular weight excluding hydrogens is 342 g/mol. The highest BCUT2D eigenvalue weighted by molar-refractivity contribution is 5.86. The normalized spacial score (nSPS) is 29.0. The van der Waals surface area contributed by atoms with Gasteiger partial charge >= 0.3 is 6.09 Å². The molecule has 1 spiro atoms. The van der Waals surface area contributed by atoms with Crippen LogP contribution in [0.25, 0.3) is 0 Å². The van der Waals surface area contributed by atoms with E-state index in [0.717, 1.165) is 24.2 Å². The maximum absolute atomic E-state index is 12.4. The van der Waals surface area contributed by atoms with Gasteiger partial charge in [-0.2, -0.15) is 0 Å². The Morgan fingerprint density at radius 3 is 2.50 bits per heavy atom. The number of carboxylic acid groups (broad SMARTS) is 1. The number of aliphatic hydroxyl groups excluding tert-OH is 2. The van der Waals surface area contributed by atoms with E-state index in [4.69, 9.17) is 5.11 Å². The molecule has 9 heteroatoms. The molecule has 0 aromatic heterocycles. The van der Waals surface area contributed by atoms with E-state index in [1.165, 1.54) is 16.7 Å². The van der Waals surface area contributed by atoms with Crippen molar-refractivity contribution in [2.24, 2.45) is 5.41 Å². The fourth-order valence-electron chi connectivity index (χ4n) is 3.99. The minimum atomic E-state index is -1.23. The highest BCUT2D eigenvalue weighted by Crippen LogP contribution is 2.53. The summed E-state index contributed by atoms with van der Waals surface area (Å²) < 4.78 is 0. The largest absolute Gasteiger partial charge is 0.465 e. The number of carbonyl (C=O) groups is 3. The Bertz CT molecular complexity index is 593. The molecule has 3 atom stereocenters. The monoisotopic (exact) mass is 369 g/mol. The number of hydrogen-bond donors (Lipinski definition) is 3. The van der Waals surface area contributed by atoms with Gasteiger partial charge in [0.1, 0.15) is 12.1 Å². The Morgan fingerprint density at radius 2 is 1.92 bits per heavy atom. The average molecular weight is 369 g/mol. The number of β-amino-alcohol motifs (C(OH)–C–C–N with tert-alkyl or cyclic N) is 1. The van der Waals surface area contributed by atoms with Crippen molar-refractivity contribution in [3.8, 4) is 0 Å². The van der Waals surface area contributed by atoms with Crippen LogP contribution in [-0.2, 0) is 9.59 Å². The Kier molecular flexibility index (Phi) is 5.12. The summed E-state index contributed by atoms with van der Waals surface area (Å²) in [5.41, 5.74) is -0.00585. The van der Waals surface area contributed by atoms with Crippen LogP contribution in [0.1, 0.15) is 32.6 Å². The van der Waals surface area contributed by atoms with Crippen molar-refractivity contribution in [2.45, 2.75) is 50.9 Å². The van der Waals surface area contributed by atoms with E-state index in [1.54, 1.807) is 0 Å². The molecule has 2 heterocycles. The van der Waals surface area contributed by atoms with Gasteiger partial charge in [0.2, 0.25) is 5.91 Å². The lowest BCUT2D eigenvalue weighted by Gasteiger charge is -2.39. The van der Waals surface area contributed by atoms with Gasteiger partial charge in [-0.15, -0.1) is 0 Å². The maximum atomic E-state index is 12.4. The van der Waals surface area contributed by atoms with Gasteiger partial charge in [-0.25, -0.2) is 4.79 Å². The second-order valence-electron chi connectivity index (χ2n) is 7.69. The first-order chi connectivity index (χ1) is 12.2. The first kappa shape index (κ1) is 18.9. The minimum Gasteiger partial charge on any atom is -0.465 e. The third-order valence-electron chi connectivity index (χ3n) is 6.13. The number of hydrogen-bond acceptors (Lipinski definition) is 5. The van der Waals surface area contributed by atoms with Gasteiger partial charge in [-0.1, -0.05) is 0 Å². The molecule has 2 aliphatic heterocycles. The number of amides is 3. The smallest absolute Gasteiger partial charge is 0.408 e. The third-order valence-corrected chi connectivity index (χ3v) is 6.13. The van der Waals surface area contributed by atoms with E-state index < -0.39 is 30.3 Å². The molecule has 1 aliphatic carbocycles. The van der Waals surface area contributed by atoms with Gasteiger partial charge in [0.25, 0.3) is 5.91 Å². The summed E-state index contributed by atoms with van der Waals surface area (Å²) in [5, 5.41) is 29.5. The highest BCUT2D eigenvalue weighted by Gasteiger charge is 2.52. The van der Waals surface area contributed by atoms with Crippen LogP contribution < -0.4 is 0 Å². The number of carbonyl (C=O) groups excluding carboxylic acids is 2. The number of rotatable bonds is 4. The van der Waals surface area contributed by atoms with Crippen LogP contribution >= 0.6 is 0 Å². The van der Waals surface area contributed by atoms with Gasteiger partial charge in [0.05, 0.1) is 6.10 Å². The number of nitrogens with zero attached hydrogens (tertiary/aromatic N) is 3. The zero-order valence-electron chi connectivity index (χ0n) is 15.0. The molecule has 0 aromatic rings. The van der Waals surface area contributed by atoms with Crippen molar-refractivity contribution in [3.63, 3.8) is 0 Å². The number of likely N-dealkylation sites (tertiary alicyclic amines) is 1. The lowest BCUT2D eigenvalue weighted by Crippen LogP contribution is -2.57. The molecular formula is C17H27N3O6. The quantitative estimate of drug-likeness (QED) is 0.604. The van der Waals surface area contributed by atoms with E-state index in [9.17, 15) is 24.6 Å². The Hall–Kier alpha value is -1.87. The zero-order chi connectivity index (χ0) is 19.1. The molecule has 3 N–H and O–H groups in total. The highest BCUT2D eigenvalue weighted by atomic mass is 16.4. The standard InChI is InChI=1S/C17H27N3O6/c1-11-14(23)18(8-9-20(11)16(25)26)6-2-12(21)15(24)19-7-5-17(3-4-17)13(22)10-19/h11-13,21-22H,2-10H2,1H3,(H,25,26)/t11-,12-,13+/m0/s1. The SMILES string of the molecule is C[C@H]1C(=O)N(CC[C@H](O)C(=O)N2CCC3(CC3)[C@H](O)C2)CCN1C(=O)O. The maximum Gasteiger partial charge on any atom is 0.408 e. The molecule has 9 nitrogen and oxygen atoms in total. The molecule has 3 fully saturated rings. The lowest BCUT2D eigenvalue weighted by molar-refractivity contribution is -0.147. The fraction of sp³-hybridized carbons (Fsp3) is 0.824. The summed E-state index contributed by atoms with van der Waals surface area (Å²) in [7, 11) is 0. The first-order valence-electron chi connectivity index (χ1n) is 9.18. The van der Waals surface area contributed by atoms with Crippen LogP contribution in [0.15, 0.2) is 0 Å². The Morgan fingerprint density at radius 1 is 1.23 bits per heavy atom. The van der Waals surface area contributed by atoms with Gasteiger partial charge < -0.3 is 25.1 Å². The topological polar surface area (TPSA) is 122 Å². The van der Waals surface area contributed by atoms with Gasteiger partial charge in [-0.05, 0) is 38.0 Å². The summed E-state index contributed by atoms with van der Waals surface area (Å²) in [5.74, 6) is -0.730. The summed E-state index contributed by atoms with van der Waals surface area (Å²) in [6.07, 6.45) is -0.0160. The van der Waals surface area contributed by atoms with Gasteiger partial charge in [-0.3, -0.25) is 14.5 Å². The van der Waals surface area contributed by atoms with Crippen LogP contribution in [0.2, 0.25) is 0 Å². The summed E-state index contributed by atoms with van der Waals surface area (Å²) in [6, 6.07) is -0.763. The predicted molar refractivity (Wildman–Crippen MR) is 90.3 cm³/mol. The van der Waals surface area contributed by atoms with Crippen LogP contribution in [0.4, 0.5) is 4.79 Å². The molecule has 0 radical (unpaired) electrons.